The van der Waals surface area contributed by atoms with Gasteiger partial charge in [0.2, 0.25) is 0 Å². The van der Waals surface area contributed by atoms with Gasteiger partial charge < -0.3 is 9.88 Å². The molecule has 178 valence electrons. The van der Waals surface area contributed by atoms with Crippen LogP contribution in [-0.2, 0) is 6.54 Å². The van der Waals surface area contributed by atoms with Gasteiger partial charge in [-0.25, -0.2) is 9.37 Å². The molecule has 0 amide bonds. The molecule has 0 spiro atoms. The van der Waals surface area contributed by atoms with Crippen molar-refractivity contribution < 1.29 is 14.2 Å². The monoisotopic (exact) mass is 476 g/mol. The number of likely N-dealkylation sites (N-methyl/N-ethyl adjacent to an activating group) is 1. The number of hydrogen-bond donors (Lipinski definition) is 1. The molecule has 1 aromatic heterocycles. The van der Waals surface area contributed by atoms with E-state index in [2.05, 4.69) is 15.3 Å². The van der Waals surface area contributed by atoms with E-state index >= 15 is 0 Å². The maximum Gasteiger partial charge on any atom is 0.269 e. The fourth-order valence-corrected chi connectivity index (χ4v) is 3.65. The topological polar surface area (TPSA) is 128 Å². The van der Waals surface area contributed by atoms with Gasteiger partial charge in [-0.1, -0.05) is 6.07 Å². The lowest BCUT2D eigenvalue weighted by Gasteiger charge is -2.10. The van der Waals surface area contributed by atoms with E-state index in [1.54, 1.807) is 29.0 Å². The highest BCUT2D eigenvalue weighted by atomic mass is 19.1. The molecule has 0 aliphatic rings. The second kappa shape index (κ2) is 10.2. The van der Waals surface area contributed by atoms with Crippen molar-refractivity contribution >= 4 is 28.6 Å². The first-order chi connectivity index (χ1) is 16.9. The Morgan fingerprint density at radius 2 is 1.69 bits per heavy atom. The van der Waals surface area contributed by atoms with Gasteiger partial charge in [0.05, 0.1) is 40.2 Å². The quantitative estimate of drug-likeness (QED) is 0.166. The van der Waals surface area contributed by atoms with Crippen LogP contribution in [0.2, 0.25) is 0 Å². The van der Waals surface area contributed by atoms with Crippen LogP contribution < -0.4 is 5.32 Å². The van der Waals surface area contributed by atoms with Gasteiger partial charge in [-0.2, -0.15) is 0 Å². The van der Waals surface area contributed by atoms with E-state index in [1.807, 2.05) is 19.2 Å². The van der Waals surface area contributed by atoms with Crippen molar-refractivity contribution in [1.29, 1.82) is 0 Å². The Hall–Kier alpha value is -4.51. The van der Waals surface area contributed by atoms with Crippen LogP contribution in [0, 0.1) is 26.0 Å². The van der Waals surface area contributed by atoms with Crippen molar-refractivity contribution in [2.45, 2.75) is 6.54 Å². The van der Waals surface area contributed by atoms with E-state index in [-0.39, 0.29) is 23.5 Å². The number of non-ortho nitro benzene ring substituents is 2. The molecular weight excluding hydrogens is 455 g/mol. The van der Waals surface area contributed by atoms with Gasteiger partial charge in [0, 0.05) is 36.4 Å². The van der Waals surface area contributed by atoms with Gasteiger partial charge in [-0.15, -0.1) is 0 Å². The first-order valence-corrected chi connectivity index (χ1v) is 10.7. The third kappa shape index (κ3) is 5.20. The van der Waals surface area contributed by atoms with Crippen molar-refractivity contribution in [3.05, 3.63) is 98.1 Å². The molecule has 0 unspecified atom stereocenters. The van der Waals surface area contributed by atoms with Crippen molar-refractivity contribution in [1.82, 2.24) is 14.9 Å². The van der Waals surface area contributed by atoms with Crippen LogP contribution in [0.3, 0.4) is 0 Å². The number of nitro groups is 2. The minimum absolute atomic E-state index is 0.00110. The van der Waals surface area contributed by atoms with Crippen LogP contribution in [0.25, 0.3) is 22.2 Å². The number of benzene rings is 3. The number of hydrogen-bond acceptors (Lipinski definition) is 7. The number of fused-ring (bicyclic) bond motifs is 1. The van der Waals surface area contributed by atoms with E-state index in [9.17, 15) is 24.6 Å². The van der Waals surface area contributed by atoms with Gasteiger partial charge in [0.25, 0.3) is 11.4 Å². The Morgan fingerprint density at radius 3 is 2.37 bits per heavy atom. The highest BCUT2D eigenvalue weighted by Gasteiger charge is 2.16. The highest BCUT2D eigenvalue weighted by Crippen LogP contribution is 2.28. The summed E-state index contributed by atoms with van der Waals surface area (Å²) in [4.78, 5) is 30.1. The zero-order valence-corrected chi connectivity index (χ0v) is 18.7. The van der Waals surface area contributed by atoms with Crippen LogP contribution in [0.5, 0.6) is 0 Å². The summed E-state index contributed by atoms with van der Waals surface area (Å²) in [6.07, 6.45) is 1.60. The summed E-state index contributed by atoms with van der Waals surface area (Å²) in [5.74, 6) is -0.0927. The molecular formula is C24H21FN6O4. The SMILES string of the molecule is CNCCN=Cc1nc2ccc(-c3ccc([N+](=O)[O-])cc3)cc2n1Cc1cc([N+](=O)[O-])ccc1F. The Morgan fingerprint density at radius 1 is 1.00 bits per heavy atom. The van der Waals surface area contributed by atoms with Gasteiger partial charge >= 0.3 is 0 Å². The number of imidazole rings is 1. The largest absolute Gasteiger partial charge is 0.319 e. The van der Waals surface area contributed by atoms with Gasteiger partial charge in [0.15, 0.2) is 5.82 Å². The summed E-state index contributed by atoms with van der Waals surface area (Å²) in [6.45, 7) is 1.18. The number of aliphatic imine (C=N–C) groups is 1. The summed E-state index contributed by atoms with van der Waals surface area (Å²) >= 11 is 0. The predicted molar refractivity (Wildman–Crippen MR) is 130 cm³/mol. The van der Waals surface area contributed by atoms with Crippen LogP contribution >= 0.6 is 0 Å². The summed E-state index contributed by atoms with van der Waals surface area (Å²) in [5.41, 5.74) is 2.77. The van der Waals surface area contributed by atoms with Crippen molar-refractivity contribution in [3.8, 4) is 11.1 Å². The lowest BCUT2D eigenvalue weighted by molar-refractivity contribution is -0.385. The summed E-state index contributed by atoms with van der Waals surface area (Å²) in [6, 6.07) is 15.1. The van der Waals surface area contributed by atoms with Gasteiger partial charge in [0.1, 0.15) is 5.82 Å². The second-order valence-electron chi connectivity index (χ2n) is 7.74. The molecule has 0 saturated heterocycles. The van der Waals surface area contributed by atoms with Crippen LogP contribution in [0.1, 0.15) is 11.4 Å². The van der Waals surface area contributed by atoms with Crippen molar-refractivity contribution in [3.63, 3.8) is 0 Å². The highest BCUT2D eigenvalue weighted by molar-refractivity contribution is 5.88. The Labute approximate surface area is 199 Å². The van der Waals surface area contributed by atoms with Crippen LogP contribution in [0.15, 0.2) is 65.7 Å². The van der Waals surface area contributed by atoms with Gasteiger partial charge in [-0.3, -0.25) is 25.2 Å². The average molecular weight is 476 g/mol. The molecule has 10 nitrogen and oxygen atoms in total. The number of nitrogens with one attached hydrogen (secondary N) is 1. The van der Waals surface area contributed by atoms with Crippen molar-refractivity contribution in [2.24, 2.45) is 4.99 Å². The number of halogens is 1. The maximum absolute atomic E-state index is 14.6. The summed E-state index contributed by atoms with van der Waals surface area (Å²) < 4.78 is 16.3. The molecule has 4 aromatic rings. The zero-order valence-electron chi connectivity index (χ0n) is 18.7. The fourth-order valence-electron chi connectivity index (χ4n) is 3.65. The number of nitrogens with zero attached hydrogens (tertiary/aromatic N) is 5. The predicted octanol–water partition coefficient (Wildman–Crippen LogP) is 4.35. The molecule has 1 N–H and O–H groups in total. The number of aromatic nitrogens is 2. The Bertz CT molecular complexity index is 1430. The standard InChI is InChI=1S/C24H21FN6O4/c1-26-10-11-27-14-24-28-22-9-4-17(16-2-5-19(6-3-16)30(32)33)13-23(22)29(24)15-18-12-20(31(34)35)7-8-21(18)25/h2-9,12-14,26H,10-11,15H2,1H3. The second-order valence-corrected chi connectivity index (χ2v) is 7.74. The first-order valence-electron chi connectivity index (χ1n) is 10.7. The molecule has 3 aromatic carbocycles. The molecule has 0 fully saturated rings. The first kappa shape index (κ1) is 23.6. The minimum Gasteiger partial charge on any atom is -0.319 e. The molecule has 1 heterocycles. The number of nitro benzene ring substituents is 2. The number of rotatable bonds is 9. The summed E-state index contributed by atoms with van der Waals surface area (Å²) in [5, 5.41) is 25.2. The Balaban J connectivity index is 1.81. The molecule has 4 rings (SSSR count). The van der Waals surface area contributed by atoms with Gasteiger partial charge in [-0.05, 0) is 48.5 Å². The van der Waals surface area contributed by atoms with E-state index in [0.717, 1.165) is 23.3 Å². The molecule has 0 aliphatic carbocycles. The lowest BCUT2D eigenvalue weighted by Crippen LogP contribution is -2.11. The molecule has 0 aliphatic heterocycles. The van der Waals surface area contributed by atoms with Crippen molar-refractivity contribution in [2.75, 3.05) is 20.1 Å². The maximum atomic E-state index is 14.6. The normalized spacial score (nSPS) is 11.4. The van der Waals surface area contributed by atoms with E-state index in [0.29, 0.717) is 29.9 Å². The average Bonchev–Trinajstić information content (AvgIpc) is 3.19. The molecule has 11 heteroatoms. The summed E-state index contributed by atoms with van der Waals surface area (Å²) in [7, 11) is 1.82. The van der Waals surface area contributed by atoms with Crippen LogP contribution in [-0.4, -0.2) is 45.7 Å². The molecule has 0 radical (unpaired) electrons. The third-order valence-electron chi connectivity index (χ3n) is 5.46. The fraction of sp³-hybridized carbons (Fsp3) is 0.167. The molecule has 0 saturated carbocycles. The zero-order chi connectivity index (χ0) is 24.9. The van der Waals surface area contributed by atoms with E-state index in [1.165, 1.54) is 18.2 Å². The van der Waals surface area contributed by atoms with E-state index in [4.69, 9.17) is 0 Å². The lowest BCUT2D eigenvalue weighted by atomic mass is 10.0. The third-order valence-corrected chi connectivity index (χ3v) is 5.46. The molecule has 35 heavy (non-hydrogen) atoms. The Kier molecular flexibility index (Phi) is 6.88. The smallest absolute Gasteiger partial charge is 0.269 e. The molecule has 0 bridgehead atoms. The minimum atomic E-state index is -0.568. The van der Waals surface area contributed by atoms with Crippen LogP contribution in [0.4, 0.5) is 15.8 Å². The molecule has 0 atom stereocenters. The van der Waals surface area contributed by atoms with E-state index < -0.39 is 15.7 Å².